The van der Waals surface area contributed by atoms with Crippen molar-refractivity contribution in [3.63, 3.8) is 0 Å². The molecular weight excluding hydrogens is 248 g/mol. The van der Waals surface area contributed by atoms with Gasteiger partial charge in [-0.1, -0.05) is 44.2 Å². The van der Waals surface area contributed by atoms with Crippen LogP contribution in [0.1, 0.15) is 25.8 Å². The second kappa shape index (κ2) is 8.40. The van der Waals surface area contributed by atoms with Crippen LogP contribution in [-0.2, 0) is 11.3 Å². The van der Waals surface area contributed by atoms with Crippen molar-refractivity contribution in [1.29, 1.82) is 0 Å². The van der Waals surface area contributed by atoms with Gasteiger partial charge in [0.1, 0.15) is 0 Å². The minimum atomic E-state index is 0.626. The van der Waals surface area contributed by atoms with Gasteiger partial charge >= 0.3 is 0 Å². The number of hydrogen-bond donors (Lipinski definition) is 1. The maximum atomic E-state index is 5.60. The maximum Gasteiger partial charge on any atom is 0.0591 e. The van der Waals surface area contributed by atoms with Gasteiger partial charge in [-0.25, -0.2) is 0 Å². The van der Waals surface area contributed by atoms with Crippen LogP contribution in [0.3, 0.4) is 0 Å². The molecule has 1 fully saturated rings. The smallest absolute Gasteiger partial charge is 0.0591 e. The summed E-state index contributed by atoms with van der Waals surface area (Å²) in [4.78, 5) is 2.53. The minimum absolute atomic E-state index is 0.626. The Bertz CT molecular complexity index is 367. The van der Waals surface area contributed by atoms with Gasteiger partial charge < -0.3 is 10.1 Å². The van der Waals surface area contributed by atoms with Crippen molar-refractivity contribution < 1.29 is 4.74 Å². The van der Waals surface area contributed by atoms with Gasteiger partial charge in [-0.3, -0.25) is 4.90 Å². The van der Waals surface area contributed by atoms with Crippen LogP contribution in [0.15, 0.2) is 30.3 Å². The predicted octanol–water partition coefficient (Wildman–Crippen LogP) is 2.52. The topological polar surface area (TPSA) is 24.5 Å². The first-order valence-corrected chi connectivity index (χ1v) is 7.81. The number of likely N-dealkylation sites (tertiary alicyclic amines) is 1. The molecule has 112 valence electrons. The lowest BCUT2D eigenvalue weighted by molar-refractivity contribution is 0.110. The largest absolute Gasteiger partial charge is 0.380 e. The van der Waals surface area contributed by atoms with Crippen LogP contribution in [0, 0.1) is 5.92 Å². The molecule has 1 aromatic carbocycles. The molecule has 0 bridgehead atoms. The predicted molar refractivity (Wildman–Crippen MR) is 83.8 cm³/mol. The summed E-state index contributed by atoms with van der Waals surface area (Å²) in [6.07, 6.45) is 1.25. The molecule has 0 aliphatic carbocycles. The number of nitrogens with one attached hydrogen (secondary N) is 1. The van der Waals surface area contributed by atoms with Crippen molar-refractivity contribution in [2.45, 2.75) is 32.9 Å². The summed E-state index contributed by atoms with van der Waals surface area (Å²) in [5.41, 5.74) is 1.41. The summed E-state index contributed by atoms with van der Waals surface area (Å²) in [6, 6.07) is 11.4. The summed E-state index contributed by atoms with van der Waals surface area (Å²) in [5.74, 6) is 0.628. The Balaban J connectivity index is 1.58. The van der Waals surface area contributed by atoms with E-state index in [0.717, 1.165) is 32.8 Å². The normalized spacial score (nSPS) is 19.9. The Hall–Kier alpha value is -0.900. The highest BCUT2D eigenvalue weighted by Crippen LogP contribution is 2.13. The van der Waals surface area contributed by atoms with Gasteiger partial charge in [0.25, 0.3) is 0 Å². The van der Waals surface area contributed by atoms with Crippen LogP contribution in [0.5, 0.6) is 0 Å². The minimum Gasteiger partial charge on any atom is -0.380 e. The zero-order valence-electron chi connectivity index (χ0n) is 12.8. The summed E-state index contributed by atoms with van der Waals surface area (Å²) >= 11 is 0. The molecule has 1 atom stereocenters. The van der Waals surface area contributed by atoms with Gasteiger partial charge in [0.15, 0.2) is 0 Å². The van der Waals surface area contributed by atoms with Crippen LogP contribution >= 0.6 is 0 Å². The SMILES string of the molecule is CC(C)COCCNC1CCN(Cc2ccccc2)C1. The van der Waals surface area contributed by atoms with Crippen molar-refractivity contribution in [2.75, 3.05) is 32.8 Å². The lowest BCUT2D eigenvalue weighted by atomic mass is 10.2. The van der Waals surface area contributed by atoms with E-state index < -0.39 is 0 Å². The van der Waals surface area contributed by atoms with Crippen molar-refractivity contribution >= 4 is 0 Å². The van der Waals surface area contributed by atoms with E-state index in [9.17, 15) is 0 Å². The second-order valence-electron chi connectivity index (χ2n) is 6.13. The van der Waals surface area contributed by atoms with Crippen molar-refractivity contribution in [3.8, 4) is 0 Å². The molecule has 0 aromatic heterocycles. The van der Waals surface area contributed by atoms with E-state index in [1.165, 1.54) is 18.5 Å². The van der Waals surface area contributed by atoms with E-state index in [1.54, 1.807) is 0 Å². The Labute approximate surface area is 123 Å². The monoisotopic (exact) mass is 276 g/mol. The maximum absolute atomic E-state index is 5.60. The highest BCUT2D eigenvalue weighted by molar-refractivity contribution is 5.14. The van der Waals surface area contributed by atoms with E-state index in [0.29, 0.717) is 12.0 Å². The molecule has 3 heteroatoms. The third-order valence-electron chi connectivity index (χ3n) is 3.65. The van der Waals surface area contributed by atoms with Gasteiger partial charge in [0.2, 0.25) is 0 Å². The summed E-state index contributed by atoms with van der Waals surface area (Å²) in [6.45, 7) is 10.5. The lowest BCUT2D eigenvalue weighted by Gasteiger charge is -2.17. The molecule has 0 saturated carbocycles. The molecule has 1 saturated heterocycles. The zero-order valence-corrected chi connectivity index (χ0v) is 12.8. The van der Waals surface area contributed by atoms with Crippen molar-refractivity contribution in [2.24, 2.45) is 5.92 Å². The van der Waals surface area contributed by atoms with Gasteiger partial charge in [-0.15, -0.1) is 0 Å². The molecule has 1 aliphatic heterocycles. The van der Waals surface area contributed by atoms with Crippen LogP contribution in [-0.4, -0.2) is 43.8 Å². The number of hydrogen-bond acceptors (Lipinski definition) is 3. The van der Waals surface area contributed by atoms with E-state index in [2.05, 4.69) is 54.4 Å². The standard InChI is InChI=1S/C17H28N2O/c1-15(2)14-20-11-9-18-17-8-10-19(13-17)12-16-6-4-3-5-7-16/h3-7,15,17-18H,8-14H2,1-2H3. The quantitative estimate of drug-likeness (QED) is 0.738. The molecule has 0 amide bonds. The fourth-order valence-corrected chi connectivity index (χ4v) is 2.64. The second-order valence-corrected chi connectivity index (χ2v) is 6.13. The van der Waals surface area contributed by atoms with E-state index >= 15 is 0 Å². The van der Waals surface area contributed by atoms with Crippen LogP contribution in [0.4, 0.5) is 0 Å². The molecule has 1 aliphatic rings. The molecule has 1 unspecified atom stereocenters. The van der Waals surface area contributed by atoms with Gasteiger partial charge in [0.05, 0.1) is 6.61 Å². The number of benzene rings is 1. The summed E-state index contributed by atoms with van der Waals surface area (Å²) in [7, 11) is 0. The Morgan fingerprint density at radius 2 is 2.10 bits per heavy atom. The molecule has 1 aromatic rings. The van der Waals surface area contributed by atoms with E-state index in [1.807, 2.05) is 0 Å². The van der Waals surface area contributed by atoms with E-state index in [4.69, 9.17) is 4.74 Å². The fraction of sp³-hybridized carbons (Fsp3) is 0.647. The first kappa shape index (κ1) is 15.5. The molecule has 1 N–H and O–H groups in total. The Morgan fingerprint density at radius 1 is 1.30 bits per heavy atom. The molecule has 0 radical (unpaired) electrons. The van der Waals surface area contributed by atoms with Gasteiger partial charge in [0, 0.05) is 38.8 Å². The average molecular weight is 276 g/mol. The van der Waals surface area contributed by atoms with Crippen LogP contribution in [0.25, 0.3) is 0 Å². The van der Waals surface area contributed by atoms with Crippen molar-refractivity contribution in [3.05, 3.63) is 35.9 Å². The highest BCUT2D eigenvalue weighted by atomic mass is 16.5. The molecule has 3 nitrogen and oxygen atoms in total. The van der Waals surface area contributed by atoms with Gasteiger partial charge in [-0.2, -0.15) is 0 Å². The Morgan fingerprint density at radius 3 is 2.85 bits per heavy atom. The fourth-order valence-electron chi connectivity index (χ4n) is 2.64. The zero-order chi connectivity index (χ0) is 14.2. The first-order valence-electron chi connectivity index (χ1n) is 7.81. The summed E-state index contributed by atoms with van der Waals surface area (Å²) < 4.78 is 5.60. The van der Waals surface area contributed by atoms with Crippen molar-refractivity contribution in [1.82, 2.24) is 10.2 Å². The third-order valence-corrected chi connectivity index (χ3v) is 3.65. The highest BCUT2D eigenvalue weighted by Gasteiger charge is 2.21. The molecule has 2 rings (SSSR count). The Kier molecular flexibility index (Phi) is 6.51. The average Bonchev–Trinajstić information content (AvgIpc) is 2.87. The third kappa shape index (κ3) is 5.61. The molecule has 0 spiro atoms. The van der Waals surface area contributed by atoms with Crippen LogP contribution < -0.4 is 5.32 Å². The number of nitrogens with zero attached hydrogens (tertiary/aromatic N) is 1. The van der Waals surface area contributed by atoms with Crippen LogP contribution in [0.2, 0.25) is 0 Å². The summed E-state index contributed by atoms with van der Waals surface area (Å²) in [5, 5.41) is 3.60. The molecular formula is C17H28N2O. The number of rotatable bonds is 8. The van der Waals surface area contributed by atoms with Gasteiger partial charge in [-0.05, 0) is 17.9 Å². The van der Waals surface area contributed by atoms with E-state index in [-0.39, 0.29) is 0 Å². The first-order chi connectivity index (χ1) is 9.74. The molecule has 20 heavy (non-hydrogen) atoms. The number of ether oxygens (including phenoxy) is 1. The lowest BCUT2D eigenvalue weighted by Crippen LogP contribution is -2.34. The molecule has 1 heterocycles.